The van der Waals surface area contributed by atoms with Crippen LogP contribution in [0.1, 0.15) is 40.7 Å². The largest absolute Gasteiger partial charge is 0.487 e. The van der Waals surface area contributed by atoms with Gasteiger partial charge in [0.15, 0.2) is 11.9 Å². The monoisotopic (exact) mass is 478 g/mol. The second-order valence-electron chi connectivity index (χ2n) is 8.51. The van der Waals surface area contributed by atoms with Crippen LogP contribution in [-0.2, 0) is 16.0 Å². The van der Waals surface area contributed by atoms with Gasteiger partial charge in [0, 0.05) is 24.7 Å². The minimum atomic E-state index is -0.994. The molecule has 0 heterocycles. The fourth-order valence-corrected chi connectivity index (χ4v) is 4.15. The molecule has 1 saturated carbocycles. The number of halogens is 1. The van der Waals surface area contributed by atoms with E-state index < -0.39 is 12.1 Å². The number of ether oxygens (including phenoxy) is 3. The molecule has 182 valence electrons. The zero-order valence-electron chi connectivity index (χ0n) is 19.4. The topological polar surface area (TPSA) is 82.1 Å². The number of ketones is 1. The predicted octanol–water partition coefficient (Wildman–Crippen LogP) is 5.08. The lowest BCUT2D eigenvalue weighted by atomic mass is 10.0. The van der Waals surface area contributed by atoms with Gasteiger partial charge >= 0.3 is 5.97 Å². The molecule has 1 aliphatic carbocycles. The van der Waals surface area contributed by atoms with Gasteiger partial charge in [-0.1, -0.05) is 12.1 Å². The molecule has 3 atom stereocenters. The van der Waals surface area contributed by atoms with Crippen molar-refractivity contribution in [2.24, 2.45) is 0 Å². The van der Waals surface area contributed by atoms with Crippen LogP contribution in [-0.4, -0.2) is 42.3 Å². The lowest BCUT2D eigenvalue weighted by Gasteiger charge is -2.23. The summed E-state index contributed by atoms with van der Waals surface area (Å²) in [5.74, 6) is -0.212. The molecule has 2 unspecified atom stereocenters. The molecule has 1 aliphatic rings. The number of carboxylic acids is 1. The smallest absolute Gasteiger partial charge is 0.333 e. The van der Waals surface area contributed by atoms with E-state index >= 15 is 0 Å². The van der Waals surface area contributed by atoms with E-state index in [1.807, 2.05) is 24.3 Å². The molecule has 0 spiro atoms. The SMILES string of the molecule is CO[C@@H](Cc1ccc(OC2CCCC2Oc2ccc(C(=O)c3ccc(F)cc3)cc2)cc1)C(=O)O. The summed E-state index contributed by atoms with van der Waals surface area (Å²) < 4.78 is 30.4. The summed E-state index contributed by atoms with van der Waals surface area (Å²) in [4.78, 5) is 23.7. The van der Waals surface area contributed by atoms with Crippen molar-refractivity contribution in [1.29, 1.82) is 0 Å². The van der Waals surface area contributed by atoms with Crippen molar-refractivity contribution in [3.63, 3.8) is 0 Å². The van der Waals surface area contributed by atoms with Crippen molar-refractivity contribution in [2.75, 3.05) is 7.11 Å². The van der Waals surface area contributed by atoms with E-state index in [1.165, 1.54) is 31.4 Å². The molecule has 6 nitrogen and oxygen atoms in total. The Labute approximate surface area is 203 Å². The Kier molecular flexibility index (Phi) is 7.77. The van der Waals surface area contributed by atoms with Crippen LogP contribution in [0.25, 0.3) is 0 Å². The van der Waals surface area contributed by atoms with Gasteiger partial charge in [-0.2, -0.15) is 0 Å². The number of carboxylic acid groups (broad SMARTS) is 1. The van der Waals surface area contributed by atoms with Gasteiger partial charge in [0.05, 0.1) is 0 Å². The van der Waals surface area contributed by atoms with E-state index in [9.17, 15) is 14.0 Å². The first-order valence-corrected chi connectivity index (χ1v) is 11.5. The number of aliphatic carboxylic acids is 1. The van der Waals surface area contributed by atoms with Gasteiger partial charge in [-0.05, 0) is 85.5 Å². The number of rotatable bonds is 10. The van der Waals surface area contributed by atoms with Crippen molar-refractivity contribution in [3.8, 4) is 11.5 Å². The molecular weight excluding hydrogens is 451 g/mol. The molecule has 4 rings (SSSR count). The minimum Gasteiger partial charge on any atom is -0.487 e. The van der Waals surface area contributed by atoms with Crippen LogP contribution in [0.5, 0.6) is 11.5 Å². The van der Waals surface area contributed by atoms with Crippen molar-refractivity contribution in [3.05, 3.63) is 95.3 Å². The van der Waals surface area contributed by atoms with Gasteiger partial charge in [-0.25, -0.2) is 9.18 Å². The zero-order chi connectivity index (χ0) is 24.8. The van der Waals surface area contributed by atoms with Gasteiger partial charge < -0.3 is 19.3 Å². The van der Waals surface area contributed by atoms with Gasteiger partial charge in [0.1, 0.15) is 29.5 Å². The van der Waals surface area contributed by atoms with Gasteiger partial charge in [0.25, 0.3) is 0 Å². The van der Waals surface area contributed by atoms with Crippen LogP contribution < -0.4 is 9.47 Å². The molecule has 1 fully saturated rings. The van der Waals surface area contributed by atoms with Gasteiger partial charge in [-0.3, -0.25) is 4.79 Å². The summed E-state index contributed by atoms with van der Waals surface area (Å²) in [6, 6.07) is 19.7. The lowest BCUT2D eigenvalue weighted by molar-refractivity contribution is -0.148. The number of hydrogen-bond acceptors (Lipinski definition) is 5. The number of benzene rings is 3. The van der Waals surface area contributed by atoms with Crippen LogP contribution >= 0.6 is 0 Å². The number of methoxy groups -OCH3 is 1. The predicted molar refractivity (Wildman–Crippen MR) is 128 cm³/mol. The first-order chi connectivity index (χ1) is 16.9. The molecule has 0 aromatic heterocycles. The molecule has 3 aromatic rings. The third-order valence-corrected chi connectivity index (χ3v) is 6.09. The fraction of sp³-hybridized carbons (Fsp3) is 0.286. The number of carbonyl (C=O) groups is 2. The average molecular weight is 479 g/mol. The summed E-state index contributed by atoms with van der Waals surface area (Å²) in [6.45, 7) is 0. The number of hydrogen-bond donors (Lipinski definition) is 1. The Hall–Kier alpha value is -3.71. The van der Waals surface area contributed by atoms with Crippen LogP contribution in [0.4, 0.5) is 4.39 Å². The normalized spacial score (nSPS) is 18.1. The average Bonchev–Trinajstić information content (AvgIpc) is 3.30. The van der Waals surface area contributed by atoms with E-state index in [0.717, 1.165) is 24.8 Å². The lowest BCUT2D eigenvalue weighted by Crippen LogP contribution is -2.31. The maximum atomic E-state index is 13.1. The second kappa shape index (κ2) is 11.1. The van der Waals surface area contributed by atoms with Crippen LogP contribution in [0.3, 0.4) is 0 Å². The summed E-state index contributed by atoms with van der Waals surface area (Å²) in [5, 5.41) is 9.14. The Morgan fingerprint density at radius 1 is 0.857 bits per heavy atom. The summed E-state index contributed by atoms with van der Waals surface area (Å²) in [5.41, 5.74) is 1.78. The second-order valence-corrected chi connectivity index (χ2v) is 8.51. The molecule has 7 heteroatoms. The molecule has 35 heavy (non-hydrogen) atoms. The summed E-state index contributed by atoms with van der Waals surface area (Å²) in [6.07, 6.45) is 1.84. The third kappa shape index (κ3) is 6.25. The highest BCUT2D eigenvalue weighted by atomic mass is 19.1. The maximum absolute atomic E-state index is 13.1. The standard InChI is InChI=1S/C28H27FO6/c1-33-26(28(31)32)17-18-5-13-22(14-6-18)34-24-3-2-4-25(24)35-23-15-9-20(10-16-23)27(30)19-7-11-21(29)12-8-19/h5-16,24-26H,2-4,17H2,1H3,(H,31,32)/t24?,25?,26-/m0/s1. The molecule has 0 radical (unpaired) electrons. The van der Waals surface area contributed by atoms with E-state index in [4.69, 9.17) is 19.3 Å². The van der Waals surface area contributed by atoms with Gasteiger partial charge in [-0.15, -0.1) is 0 Å². The Bertz CT molecular complexity index is 1140. The summed E-state index contributed by atoms with van der Waals surface area (Å²) in [7, 11) is 1.38. The molecule has 3 aromatic carbocycles. The quantitative estimate of drug-likeness (QED) is 0.410. The molecule has 1 N–H and O–H groups in total. The molecule has 0 saturated heterocycles. The Morgan fingerprint density at radius 2 is 1.34 bits per heavy atom. The van der Waals surface area contributed by atoms with Crippen molar-refractivity contribution >= 4 is 11.8 Å². The maximum Gasteiger partial charge on any atom is 0.333 e. The van der Waals surface area contributed by atoms with E-state index in [0.29, 0.717) is 22.6 Å². The first-order valence-electron chi connectivity index (χ1n) is 11.5. The van der Waals surface area contributed by atoms with Gasteiger partial charge in [0.2, 0.25) is 0 Å². The Balaban J connectivity index is 1.35. The van der Waals surface area contributed by atoms with E-state index in [-0.39, 0.29) is 30.2 Å². The molecular formula is C28H27FO6. The van der Waals surface area contributed by atoms with E-state index in [1.54, 1.807) is 24.3 Å². The first kappa shape index (κ1) is 24.4. The number of carbonyl (C=O) groups excluding carboxylic acids is 1. The minimum absolute atomic E-state index is 0.118. The molecule has 0 amide bonds. The molecule has 0 aliphatic heterocycles. The zero-order valence-corrected chi connectivity index (χ0v) is 19.4. The summed E-state index contributed by atoms with van der Waals surface area (Å²) >= 11 is 0. The fourth-order valence-electron chi connectivity index (χ4n) is 4.15. The highest BCUT2D eigenvalue weighted by Crippen LogP contribution is 2.29. The van der Waals surface area contributed by atoms with Crippen LogP contribution in [0.15, 0.2) is 72.8 Å². The van der Waals surface area contributed by atoms with Crippen molar-refractivity contribution in [2.45, 2.75) is 44.0 Å². The van der Waals surface area contributed by atoms with Crippen LogP contribution in [0, 0.1) is 5.82 Å². The highest BCUT2D eigenvalue weighted by Gasteiger charge is 2.31. The highest BCUT2D eigenvalue weighted by molar-refractivity contribution is 6.09. The van der Waals surface area contributed by atoms with Crippen LogP contribution in [0.2, 0.25) is 0 Å². The molecule has 0 bridgehead atoms. The third-order valence-electron chi connectivity index (χ3n) is 6.09. The van der Waals surface area contributed by atoms with Crippen molar-refractivity contribution in [1.82, 2.24) is 0 Å². The van der Waals surface area contributed by atoms with Crippen molar-refractivity contribution < 1.29 is 33.3 Å². The van der Waals surface area contributed by atoms with E-state index in [2.05, 4.69) is 0 Å². The Morgan fingerprint density at radius 3 is 1.83 bits per heavy atom.